The van der Waals surface area contributed by atoms with Gasteiger partial charge in [-0.1, -0.05) is 51.5 Å². The second-order valence-corrected chi connectivity index (χ2v) is 9.25. The molecule has 1 aromatic heterocycles. The van der Waals surface area contributed by atoms with E-state index in [1.165, 1.54) is 19.1 Å². The van der Waals surface area contributed by atoms with Gasteiger partial charge in [0.05, 0.1) is 31.5 Å². The van der Waals surface area contributed by atoms with Crippen LogP contribution < -0.4 is 9.64 Å². The van der Waals surface area contributed by atoms with E-state index in [4.69, 9.17) is 9.47 Å². The van der Waals surface area contributed by atoms with E-state index in [2.05, 4.69) is 20.9 Å². The first-order chi connectivity index (χ1) is 16.3. The van der Waals surface area contributed by atoms with E-state index in [0.717, 1.165) is 15.8 Å². The molecule has 10 heteroatoms. The first kappa shape index (κ1) is 23.7. The van der Waals surface area contributed by atoms with Crippen LogP contribution in [0.4, 0.5) is 5.13 Å². The summed E-state index contributed by atoms with van der Waals surface area (Å²) in [6, 6.07) is 12.6. The van der Waals surface area contributed by atoms with Gasteiger partial charge in [0.1, 0.15) is 16.4 Å². The standard InChI is InChI=1S/C24H19BrN2O6S/c1-12-21(23(31)33-3)34-24(26-12)27-18(13-7-9-15(25)10-8-13)17(20(29)22(27)30)19(28)14-5-4-6-16(11-14)32-2/h4-11,18,28H,1-3H3/t18-/m1/s1. The van der Waals surface area contributed by atoms with Gasteiger partial charge in [-0.15, -0.1) is 0 Å². The van der Waals surface area contributed by atoms with Crippen LogP contribution in [0, 0.1) is 6.92 Å². The van der Waals surface area contributed by atoms with Crippen LogP contribution in [0.15, 0.2) is 58.6 Å². The topological polar surface area (TPSA) is 106 Å². The predicted octanol–water partition coefficient (Wildman–Crippen LogP) is 4.64. The predicted molar refractivity (Wildman–Crippen MR) is 130 cm³/mol. The second kappa shape index (κ2) is 9.40. The third-order valence-corrected chi connectivity index (χ3v) is 7.00. The number of halogens is 1. The molecule has 8 nitrogen and oxygen atoms in total. The molecule has 1 amide bonds. The summed E-state index contributed by atoms with van der Waals surface area (Å²) in [4.78, 5) is 44.4. The molecule has 0 saturated carbocycles. The number of amides is 1. The number of hydrogen-bond acceptors (Lipinski definition) is 8. The molecule has 0 radical (unpaired) electrons. The maximum absolute atomic E-state index is 13.2. The van der Waals surface area contributed by atoms with Gasteiger partial charge < -0.3 is 14.6 Å². The fourth-order valence-corrected chi connectivity index (χ4v) is 4.96. The number of esters is 1. The van der Waals surface area contributed by atoms with E-state index >= 15 is 0 Å². The molecule has 1 saturated heterocycles. The summed E-state index contributed by atoms with van der Waals surface area (Å²) in [7, 11) is 2.74. The van der Waals surface area contributed by atoms with Crippen LogP contribution >= 0.6 is 27.3 Å². The summed E-state index contributed by atoms with van der Waals surface area (Å²) in [5, 5.41) is 11.3. The highest BCUT2D eigenvalue weighted by Crippen LogP contribution is 2.44. The van der Waals surface area contributed by atoms with Crippen molar-refractivity contribution in [1.82, 2.24) is 4.98 Å². The first-order valence-electron chi connectivity index (χ1n) is 10.0. The molecule has 1 N–H and O–H groups in total. The molecule has 0 aliphatic carbocycles. The lowest BCUT2D eigenvalue weighted by molar-refractivity contribution is -0.132. The van der Waals surface area contributed by atoms with E-state index in [1.807, 2.05) is 0 Å². The van der Waals surface area contributed by atoms with E-state index in [-0.39, 0.29) is 21.3 Å². The number of carbonyl (C=O) groups excluding carboxylic acids is 3. The molecule has 2 aromatic carbocycles. The van der Waals surface area contributed by atoms with Gasteiger partial charge in [0.25, 0.3) is 5.78 Å². The Hall–Kier alpha value is -3.50. The second-order valence-electron chi connectivity index (χ2n) is 7.36. The molecule has 34 heavy (non-hydrogen) atoms. The molecule has 4 rings (SSSR count). The smallest absolute Gasteiger partial charge is 0.350 e. The van der Waals surface area contributed by atoms with Crippen LogP contribution in [0.3, 0.4) is 0 Å². The monoisotopic (exact) mass is 542 g/mol. The highest BCUT2D eigenvalue weighted by molar-refractivity contribution is 9.10. The van der Waals surface area contributed by atoms with Gasteiger partial charge in [0, 0.05) is 10.0 Å². The van der Waals surface area contributed by atoms with Crippen molar-refractivity contribution in [1.29, 1.82) is 0 Å². The summed E-state index contributed by atoms with van der Waals surface area (Å²) in [5.41, 5.74) is 1.19. The normalized spacial score (nSPS) is 17.2. The minimum absolute atomic E-state index is 0.0898. The van der Waals surface area contributed by atoms with Crippen molar-refractivity contribution in [2.75, 3.05) is 19.1 Å². The van der Waals surface area contributed by atoms with Crippen molar-refractivity contribution in [2.24, 2.45) is 0 Å². The lowest BCUT2D eigenvalue weighted by atomic mass is 9.95. The van der Waals surface area contributed by atoms with E-state index in [1.54, 1.807) is 55.5 Å². The van der Waals surface area contributed by atoms with Gasteiger partial charge in [0.15, 0.2) is 5.13 Å². The summed E-state index contributed by atoms with van der Waals surface area (Å²) >= 11 is 4.33. The van der Waals surface area contributed by atoms with Crippen LogP contribution in [0.2, 0.25) is 0 Å². The van der Waals surface area contributed by atoms with Crippen molar-refractivity contribution in [3.05, 3.63) is 80.3 Å². The zero-order valence-electron chi connectivity index (χ0n) is 18.4. The number of benzene rings is 2. The molecule has 1 aliphatic rings. The number of nitrogens with zero attached hydrogens (tertiary/aromatic N) is 2. The van der Waals surface area contributed by atoms with Crippen molar-refractivity contribution < 1.29 is 29.0 Å². The lowest BCUT2D eigenvalue weighted by Crippen LogP contribution is -2.29. The summed E-state index contributed by atoms with van der Waals surface area (Å²) in [6.07, 6.45) is 0. The largest absolute Gasteiger partial charge is 0.507 e. The van der Waals surface area contributed by atoms with Gasteiger partial charge in [-0.3, -0.25) is 14.5 Å². The molecular formula is C24H19BrN2O6S. The van der Waals surface area contributed by atoms with Crippen molar-refractivity contribution in [2.45, 2.75) is 13.0 Å². The minimum atomic E-state index is -0.963. The molecule has 0 bridgehead atoms. The molecule has 2 heterocycles. The zero-order chi connectivity index (χ0) is 24.6. The summed E-state index contributed by atoms with van der Waals surface area (Å²) in [5.74, 6) is -2.16. The first-order valence-corrected chi connectivity index (χ1v) is 11.6. The molecule has 1 atom stereocenters. The number of Topliss-reactive ketones (excluding diaryl/α,β-unsaturated/α-hetero) is 1. The highest BCUT2D eigenvalue weighted by atomic mass is 79.9. The van der Waals surface area contributed by atoms with Crippen LogP contribution in [0.1, 0.15) is 32.5 Å². The Balaban J connectivity index is 1.93. The van der Waals surface area contributed by atoms with Crippen LogP contribution in [-0.2, 0) is 14.3 Å². The van der Waals surface area contributed by atoms with E-state index < -0.39 is 23.7 Å². The number of aliphatic hydroxyl groups is 1. The number of aliphatic hydroxyl groups excluding tert-OH is 1. The zero-order valence-corrected chi connectivity index (χ0v) is 20.8. The summed E-state index contributed by atoms with van der Waals surface area (Å²) < 4.78 is 10.8. The number of aryl methyl sites for hydroxylation is 1. The number of rotatable bonds is 5. The number of ketones is 1. The summed E-state index contributed by atoms with van der Waals surface area (Å²) in [6.45, 7) is 1.62. The molecule has 0 spiro atoms. The Bertz CT molecular complexity index is 1330. The molecule has 3 aromatic rings. The van der Waals surface area contributed by atoms with Crippen molar-refractivity contribution in [3.63, 3.8) is 0 Å². The van der Waals surface area contributed by atoms with Crippen molar-refractivity contribution >= 4 is 55.8 Å². The van der Waals surface area contributed by atoms with Gasteiger partial charge in [-0.25, -0.2) is 9.78 Å². The number of anilines is 1. The Morgan fingerprint density at radius 1 is 1.15 bits per heavy atom. The van der Waals surface area contributed by atoms with Gasteiger partial charge in [-0.2, -0.15) is 0 Å². The number of methoxy groups -OCH3 is 2. The lowest BCUT2D eigenvalue weighted by Gasteiger charge is -2.23. The van der Waals surface area contributed by atoms with Gasteiger partial charge in [0.2, 0.25) is 0 Å². The molecule has 1 fully saturated rings. The van der Waals surface area contributed by atoms with Crippen LogP contribution in [0.25, 0.3) is 5.76 Å². The maximum Gasteiger partial charge on any atom is 0.350 e. The maximum atomic E-state index is 13.2. The fourth-order valence-electron chi connectivity index (χ4n) is 3.68. The van der Waals surface area contributed by atoms with E-state index in [0.29, 0.717) is 22.6 Å². The number of carbonyl (C=O) groups is 3. The number of thiazole rings is 1. The van der Waals surface area contributed by atoms with Gasteiger partial charge >= 0.3 is 11.9 Å². The Kier molecular flexibility index (Phi) is 6.54. The van der Waals surface area contributed by atoms with Gasteiger partial charge in [-0.05, 0) is 36.8 Å². The van der Waals surface area contributed by atoms with Crippen LogP contribution in [0.5, 0.6) is 5.75 Å². The Morgan fingerprint density at radius 3 is 2.50 bits per heavy atom. The Labute approximate surface area is 207 Å². The molecule has 1 aliphatic heterocycles. The molecule has 174 valence electrons. The average molecular weight is 543 g/mol. The fraction of sp³-hybridized carbons (Fsp3) is 0.167. The third-order valence-electron chi connectivity index (χ3n) is 5.34. The van der Waals surface area contributed by atoms with E-state index in [9.17, 15) is 19.5 Å². The minimum Gasteiger partial charge on any atom is -0.507 e. The molecular weight excluding hydrogens is 524 g/mol. The van der Waals surface area contributed by atoms with Crippen molar-refractivity contribution in [3.8, 4) is 5.75 Å². The third kappa shape index (κ3) is 4.10. The number of aromatic nitrogens is 1. The van der Waals surface area contributed by atoms with Crippen LogP contribution in [-0.4, -0.2) is 42.0 Å². The Morgan fingerprint density at radius 2 is 1.85 bits per heavy atom. The SMILES string of the molecule is COC(=O)c1sc(N2C(=O)C(=O)C(=C(O)c3cccc(OC)c3)[C@H]2c2ccc(Br)cc2)nc1C. The quantitative estimate of drug-likeness (QED) is 0.216. The molecule has 0 unspecified atom stereocenters. The average Bonchev–Trinajstić information content (AvgIpc) is 3.35. The highest BCUT2D eigenvalue weighted by Gasteiger charge is 2.48. The number of hydrogen-bond donors (Lipinski definition) is 1. The number of ether oxygens (including phenoxy) is 2.